The summed E-state index contributed by atoms with van der Waals surface area (Å²) in [6.07, 6.45) is 0. The number of hydrogen-bond donors (Lipinski definition) is 1. The van der Waals surface area contributed by atoms with Crippen molar-refractivity contribution in [3.8, 4) is 0 Å². The first kappa shape index (κ1) is 17.6. The Morgan fingerprint density at radius 3 is 2.76 bits per heavy atom. The first-order valence-corrected chi connectivity index (χ1v) is 8.74. The van der Waals surface area contributed by atoms with Crippen molar-refractivity contribution in [3.05, 3.63) is 66.0 Å². The Labute approximate surface area is 148 Å². The largest absolute Gasteiger partial charge is 0.314 e. The normalized spacial score (nSPS) is 18.1. The Balaban J connectivity index is 1.76. The van der Waals surface area contributed by atoms with Gasteiger partial charge in [0.25, 0.3) is 0 Å². The van der Waals surface area contributed by atoms with Gasteiger partial charge in [-0.2, -0.15) is 0 Å². The molecule has 4 nitrogen and oxygen atoms in total. The first-order valence-electron chi connectivity index (χ1n) is 8.74. The molecule has 1 fully saturated rings. The highest BCUT2D eigenvalue weighted by Gasteiger charge is 2.27. The van der Waals surface area contributed by atoms with Crippen LogP contribution in [0.4, 0.5) is 10.1 Å². The number of anilines is 1. The zero-order valence-electron chi connectivity index (χ0n) is 14.5. The zero-order valence-corrected chi connectivity index (χ0v) is 14.5. The molecule has 1 atom stereocenters. The molecule has 5 heteroatoms. The number of carbonyl (C=O) groups excluding carboxylic acids is 1. The van der Waals surface area contributed by atoms with Crippen LogP contribution in [0, 0.1) is 5.82 Å². The minimum absolute atomic E-state index is 0.00267. The number of nitrogens with one attached hydrogen (secondary N) is 1. The van der Waals surface area contributed by atoms with E-state index in [9.17, 15) is 9.18 Å². The number of benzene rings is 2. The van der Waals surface area contributed by atoms with Crippen molar-refractivity contribution in [1.82, 2.24) is 10.2 Å². The van der Waals surface area contributed by atoms with Crippen LogP contribution < -0.4 is 10.2 Å². The third-order valence-electron chi connectivity index (χ3n) is 4.61. The lowest BCUT2D eigenvalue weighted by atomic mass is 10.0. The van der Waals surface area contributed by atoms with E-state index in [0.29, 0.717) is 19.6 Å². The molecule has 1 N–H and O–H groups in total. The summed E-state index contributed by atoms with van der Waals surface area (Å²) >= 11 is 0. The maximum absolute atomic E-state index is 13.6. The van der Waals surface area contributed by atoms with Crippen molar-refractivity contribution in [2.45, 2.75) is 13.0 Å². The number of carbonyl (C=O) groups is 1. The fourth-order valence-electron chi connectivity index (χ4n) is 3.35. The van der Waals surface area contributed by atoms with Gasteiger partial charge in [0.1, 0.15) is 5.82 Å². The molecule has 3 rings (SSSR count). The van der Waals surface area contributed by atoms with Gasteiger partial charge in [-0.3, -0.25) is 9.69 Å². The van der Waals surface area contributed by atoms with Crippen LogP contribution in [-0.4, -0.2) is 43.5 Å². The molecule has 1 heterocycles. The number of hydrogen-bond acceptors (Lipinski definition) is 3. The highest BCUT2D eigenvalue weighted by molar-refractivity contribution is 5.94. The molecule has 0 bridgehead atoms. The third kappa shape index (κ3) is 4.24. The average Bonchev–Trinajstić information content (AvgIpc) is 2.64. The second kappa shape index (κ2) is 8.23. The fourth-order valence-corrected chi connectivity index (χ4v) is 3.35. The maximum Gasteiger partial charge on any atom is 0.241 e. The van der Waals surface area contributed by atoms with Crippen LogP contribution in [0.5, 0.6) is 0 Å². The van der Waals surface area contributed by atoms with Crippen LogP contribution >= 0.6 is 0 Å². The maximum atomic E-state index is 13.6. The molecule has 2 aromatic rings. The second-order valence-electron chi connectivity index (χ2n) is 6.22. The third-order valence-corrected chi connectivity index (χ3v) is 4.61. The summed E-state index contributed by atoms with van der Waals surface area (Å²) in [5, 5.41) is 3.34. The van der Waals surface area contributed by atoms with E-state index in [1.807, 2.05) is 43.3 Å². The zero-order chi connectivity index (χ0) is 17.6. The van der Waals surface area contributed by atoms with Crippen molar-refractivity contribution >= 4 is 11.6 Å². The number of piperazine rings is 1. The van der Waals surface area contributed by atoms with E-state index in [-0.39, 0.29) is 17.8 Å². The van der Waals surface area contributed by atoms with Crippen LogP contribution in [0.1, 0.15) is 18.5 Å². The molecule has 0 aromatic heterocycles. The van der Waals surface area contributed by atoms with Gasteiger partial charge in [0.05, 0.1) is 6.54 Å². The smallest absolute Gasteiger partial charge is 0.241 e. The van der Waals surface area contributed by atoms with Crippen LogP contribution in [0.2, 0.25) is 0 Å². The molecule has 2 aromatic carbocycles. The second-order valence-corrected chi connectivity index (χ2v) is 6.22. The van der Waals surface area contributed by atoms with E-state index in [1.165, 1.54) is 6.07 Å². The highest BCUT2D eigenvalue weighted by Crippen LogP contribution is 2.23. The summed E-state index contributed by atoms with van der Waals surface area (Å²) in [6.45, 7) is 5.24. The van der Waals surface area contributed by atoms with Crippen molar-refractivity contribution in [3.63, 3.8) is 0 Å². The van der Waals surface area contributed by atoms with Crippen LogP contribution in [0.15, 0.2) is 54.6 Å². The summed E-state index contributed by atoms with van der Waals surface area (Å²) in [4.78, 5) is 16.8. The molecule has 1 saturated heterocycles. The Morgan fingerprint density at radius 1 is 1.24 bits per heavy atom. The topological polar surface area (TPSA) is 35.6 Å². The van der Waals surface area contributed by atoms with Gasteiger partial charge in [-0.05, 0) is 36.8 Å². The summed E-state index contributed by atoms with van der Waals surface area (Å²) in [6, 6.07) is 16.4. The molecule has 25 heavy (non-hydrogen) atoms. The summed E-state index contributed by atoms with van der Waals surface area (Å²) < 4.78 is 13.6. The quantitative estimate of drug-likeness (QED) is 0.908. The minimum Gasteiger partial charge on any atom is -0.314 e. The molecule has 0 spiro atoms. The molecule has 132 valence electrons. The van der Waals surface area contributed by atoms with Gasteiger partial charge in [0, 0.05) is 37.9 Å². The van der Waals surface area contributed by atoms with Crippen molar-refractivity contribution in [1.29, 1.82) is 0 Å². The highest BCUT2D eigenvalue weighted by atomic mass is 19.1. The van der Waals surface area contributed by atoms with Gasteiger partial charge in [0.2, 0.25) is 5.91 Å². The summed E-state index contributed by atoms with van der Waals surface area (Å²) in [7, 11) is 0. The van der Waals surface area contributed by atoms with Gasteiger partial charge in [-0.15, -0.1) is 0 Å². The van der Waals surface area contributed by atoms with E-state index in [1.54, 1.807) is 17.0 Å². The molecule has 1 aliphatic rings. The Morgan fingerprint density at radius 2 is 2.04 bits per heavy atom. The Kier molecular flexibility index (Phi) is 5.79. The van der Waals surface area contributed by atoms with Crippen molar-refractivity contribution in [2.24, 2.45) is 0 Å². The molecule has 0 radical (unpaired) electrons. The van der Waals surface area contributed by atoms with E-state index >= 15 is 0 Å². The molecule has 1 unspecified atom stereocenters. The monoisotopic (exact) mass is 341 g/mol. The Bertz CT molecular complexity index is 707. The van der Waals surface area contributed by atoms with Gasteiger partial charge < -0.3 is 10.2 Å². The lowest BCUT2D eigenvalue weighted by molar-refractivity contribution is -0.120. The predicted octanol–water partition coefficient (Wildman–Crippen LogP) is 2.83. The van der Waals surface area contributed by atoms with Crippen molar-refractivity contribution in [2.75, 3.05) is 37.6 Å². The van der Waals surface area contributed by atoms with Gasteiger partial charge in [-0.25, -0.2) is 4.39 Å². The molecule has 0 saturated carbocycles. The number of para-hydroxylation sites is 1. The SMILES string of the molecule is CCN(C(=O)CN1CCNCC1c1cccc(F)c1)c1ccccc1. The molecule has 1 amide bonds. The Hall–Kier alpha value is -2.24. The predicted molar refractivity (Wildman–Crippen MR) is 98.1 cm³/mol. The summed E-state index contributed by atoms with van der Waals surface area (Å²) in [5.41, 5.74) is 1.81. The molecular weight excluding hydrogens is 317 g/mol. The number of nitrogens with zero attached hydrogens (tertiary/aromatic N) is 2. The standard InChI is InChI=1S/C20H24FN3O/c1-2-24(18-9-4-3-5-10-18)20(25)15-23-12-11-22-14-19(23)16-7-6-8-17(21)13-16/h3-10,13,19,22H,2,11-12,14-15H2,1H3. The average molecular weight is 341 g/mol. The van der Waals surface area contributed by atoms with E-state index in [2.05, 4.69) is 10.2 Å². The van der Waals surface area contributed by atoms with E-state index in [4.69, 9.17) is 0 Å². The number of amides is 1. The molecule has 1 aliphatic heterocycles. The first-order chi connectivity index (χ1) is 12.2. The molecular formula is C20H24FN3O. The lowest BCUT2D eigenvalue weighted by Gasteiger charge is -2.37. The van der Waals surface area contributed by atoms with E-state index < -0.39 is 0 Å². The van der Waals surface area contributed by atoms with Gasteiger partial charge >= 0.3 is 0 Å². The van der Waals surface area contributed by atoms with Crippen LogP contribution in [0.25, 0.3) is 0 Å². The van der Waals surface area contributed by atoms with Gasteiger partial charge in [0.15, 0.2) is 0 Å². The van der Waals surface area contributed by atoms with Gasteiger partial charge in [-0.1, -0.05) is 30.3 Å². The fraction of sp³-hybridized carbons (Fsp3) is 0.350. The number of likely N-dealkylation sites (N-methyl/N-ethyl adjacent to an activating group) is 1. The van der Waals surface area contributed by atoms with Crippen LogP contribution in [0.3, 0.4) is 0 Å². The minimum atomic E-state index is -0.242. The molecule has 0 aliphatic carbocycles. The van der Waals surface area contributed by atoms with E-state index in [0.717, 1.165) is 24.3 Å². The van der Waals surface area contributed by atoms with Crippen LogP contribution in [-0.2, 0) is 4.79 Å². The lowest BCUT2D eigenvalue weighted by Crippen LogP contribution is -2.50. The summed E-state index contributed by atoms with van der Waals surface area (Å²) in [5.74, 6) is -0.175. The van der Waals surface area contributed by atoms with Crippen molar-refractivity contribution < 1.29 is 9.18 Å². The number of halogens is 1. The number of rotatable bonds is 5.